The van der Waals surface area contributed by atoms with E-state index in [1.54, 1.807) is 0 Å². The van der Waals surface area contributed by atoms with Gasteiger partial charge in [-0.3, -0.25) is 0 Å². The van der Waals surface area contributed by atoms with Crippen LogP contribution in [0.1, 0.15) is 15.9 Å². The molecule has 0 aliphatic carbocycles. The zero-order valence-corrected chi connectivity index (χ0v) is 11.0. The highest BCUT2D eigenvalue weighted by Gasteiger charge is 2.31. The van der Waals surface area contributed by atoms with Crippen molar-refractivity contribution in [2.45, 2.75) is 6.18 Å². The summed E-state index contributed by atoms with van der Waals surface area (Å²) in [6.07, 6.45) is -4.52. The van der Waals surface area contributed by atoms with Gasteiger partial charge in [-0.2, -0.15) is 13.2 Å². The molecule has 2 aromatic rings. The highest BCUT2D eigenvalue weighted by molar-refractivity contribution is 6.32. The number of hydrogen-bond acceptors (Lipinski definition) is 3. The van der Waals surface area contributed by atoms with Gasteiger partial charge in [-0.1, -0.05) is 23.7 Å². The molecule has 0 heterocycles. The lowest BCUT2D eigenvalue weighted by atomic mass is 10.2. The molecule has 0 saturated carbocycles. The first kappa shape index (κ1) is 15.2. The molecule has 0 N–H and O–H groups in total. The first-order valence-corrected chi connectivity index (χ1v) is 6.02. The van der Waals surface area contributed by atoms with E-state index >= 15 is 0 Å². The Morgan fingerprint density at radius 3 is 2.33 bits per heavy atom. The van der Waals surface area contributed by atoms with E-state index in [0.717, 1.165) is 12.1 Å². The maximum Gasteiger partial charge on any atom is 0.416 e. The van der Waals surface area contributed by atoms with Crippen molar-refractivity contribution in [1.82, 2.24) is 0 Å². The monoisotopic (exact) mass is 315 g/mol. The maximum atomic E-state index is 12.5. The van der Waals surface area contributed by atoms with E-state index < -0.39 is 17.7 Å². The van der Waals surface area contributed by atoms with Crippen molar-refractivity contribution >= 4 is 17.6 Å². The first-order valence-electron chi connectivity index (χ1n) is 5.64. The van der Waals surface area contributed by atoms with Crippen LogP contribution in [0.5, 0.6) is 11.5 Å². The summed E-state index contributed by atoms with van der Waals surface area (Å²) in [4.78, 5) is 10.9. The molecule has 2 rings (SSSR count). The minimum Gasteiger partial charge on any atom is -0.545 e. The number of carbonyl (C=O) groups excluding carboxylic acids is 1. The Labute approximate surface area is 122 Å². The molecule has 0 saturated heterocycles. The molecule has 3 nitrogen and oxygen atoms in total. The van der Waals surface area contributed by atoms with Gasteiger partial charge in [0.2, 0.25) is 0 Å². The topological polar surface area (TPSA) is 49.4 Å². The molecule has 0 aliphatic rings. The van der Waals surface area contributed by atoms with Crippen molar-refractivity contribution in [1.29, 1.82) is 0 Å². The maximum absolute atomic E-state index is 12.5. The van der Waals surface area contributed by atoms with Crippen LogP contribution in [0.25, 0.3) is 0 Å². The second-order valence-corrected chi connectivity index (χ2v) is 4.44. The molecule has 0 spiro atoms. The molecule has 0 aliphatic heterocycles. The minimum absolute atomic E-state index is 0.0702. The molecule has 0 fully saturated rings. The van der Waals surface area contributed by atoms with Crippen molar-refractivity contribution < 1.29 is 27.8 Å². The van der Waals surface area contributed by atoms with Crippen LogP contribution >= 0.6 is 11.6 Å². The quantitative estimate of drug-likeness (QED) is 0.871. The fourth-order valence-electron chi connectivity index (χ4n) is 1.60. The molecule has 7 heteroatoms. The summed E-state index contributed by atoms with van der Waals surface area (Å²) < 4.78 is 42.8. The average molecular weight is 316 g/mol. The van der Waals surface area contributed by atoms with Gasteiger partial charge in [-0.25, -0.2) is 0 Å². The second kappa shape index (κ2) is 5.65. The fraction of sp³-hybridized carbons (Fsp3) is 0.0714. The summed E-state index contributed by atoms with van der Waals surface area (Å²) in [5.74, 6) is -1.62. The van der Waals surface area contributed by atoms with Crippen molar-refractivity contribution in [2.75, 3.05) is 0 Å². The minimum atomic E-state index is -4.52. The van der Waals surface area contributed by atoms with Crippen LogP contribution in [-0.2, 0) is 6.18 Å². The van der Waals surface area contributed by atoms with Gasteiger partial charge < -0.3 is 14.6 Å². The van der Waals surface area contributed by atoms with Gasteiger partial charge in [0.25, 0.3) is 0 Å². The Kier molecular flexibility index (Phi) is 4.09. The van der Waals surface area contributed by atoms with E-state index in [1.165, 1.54) is 24.3 Å². The third-order valence-electron chi connectivity index (χ3n) is 2.59. The lowest BCUT2D eigenvalue weighted by Crippen LogP contribution is -2.22. The van der Waals surface area contributed by atoms with Crippen LogP contribution in [0.2, 0.25) is 5.02 Å². The number of carboxylic acids is 1. The van der Waals surface area contributed by atoms with Gasteiger partial charge in [-0.15, -0.1) is 0 Å². The highest BCUT2D eigenvalue weighted by atomic mass is 35.5. The fourth-order valence-corrected chi connectivity index (χ4v) is 1.82. The number of rotatable bonds is 3. The van der Waals surface area contributed by atoms with E-state index in [-0.39, 0.29) is 22.1 Å². The van der Waals surface area contributed by atoms with E-state index in [0.29, 0.717) is 6.07 Å². The van der Waals surface area contributed by atoms with Crippen molar-refractivity contribution in [2.24, 2.45) is 0 Å². The summed E-state index contributed by atoms with van der Waals surface area (Å²) in [5, 5.41) is 10.6. The normalized spacial score (nSPS) is 11.2. The van der Waals surface area contributed by atoms with Crippen LogP contribution in [0.3, 0.4) is 0 Å². The van der Waals surface area contributed by atoms with Gasteiger partial charge in [0.15, 0.2) is 0 Å². The van der Waals surface area contributed by atoms with Gasteiger partial charge >= 0.3 is 6.18 Å². The number of benzene rings is 2. The molecular weight excluding hydrogens is 309 g/mol. The smallest absolute Gasteiger partial charge is 0.416 e. The zero-order valence-electron chi connectivity index (χ0n) is 10.3. The summed E-state index contributed by atoms with van der Waals surface area (Å²) in [6, 6.07) is 8.10. The molecule has 110 valence electrons. The number of para-hydroxylation sites is 1. The molecule has 0 aromatic heterocycles. The van der Waals surface area contributed by atoms with Crippen molar-refractivity contribution in [3.05, 3.63) is 58.6 Å². The summed E-state index contributed by atoms with van der Waals surface area (Å²) in [5.41, 5.74) is -1.15. The molecule has 0 atom stereocenters. The number of alkyl halides is 3. The number of ether oxygens (including phenoxy) is 1. The largest absolute Gasteiger partial charge is 0.545 e. The summed E-state index contributed by atoms with van der Waals surface area (Å²) in [6.45, 7) is 0. The molecule has 0 bridgehead atoms. The average Bonchev–Trinajstić information content (AvgIpc) is 2.40. The van der Waals surface area contributed by atoms with Crippen LogP contribution in [-0.4, -0.2) is 5.97 Å². The molecule has 0 unspecified atom stereocenters. The number of carbonyl (C=O) groups is 1. The van der Waals surface area contributed by atoms with Crippen molar-refractivity contribution in [3.8, 4) is 11.5 Å². The van der Waals surface area contributed by atoms with Crippen LogP contribution < -0.4 is 9.84 Å². The Hall–Kier alpha value is -2.21. The molecule has 2 aromatic carbocycles. The number of halogens is 4. The molecular formula is C14H7ClF3O3-. The van der Waals surface area contributed by atoms with E-state index in [1.807, 2.05) is 0 Å². The van der Waals surface area contributed by atoms with E-state index in [9.17, 15) is 23.1 Å². The van der Waals surface area contributed by atoms with Crippen molar-refractivity contribution in [3.63, 3.8) is 0 Å². The van der Waals surface area contributed by atoms with Crippen LogP contribution in [0.4, 0.5) is 13.2 Å². The standard InChI is InChI=1S/C14H8ClF3O3/c15-10-7-8(14(16,17)18)5-6-12(10)21-11-4-2-1-3-9(11)13(19)20/h1-7H,(H,19,20)/p-1. The lowest BCUT2D eigenvalue weighted by Gasteiger charge is -2.14. The van der Waals surface area contributed by atoms with Gasteiger partial charge in [0.1, 0.15) is 11.5 Å². The van der Waals surface area contributed by atoms with Gasteiger partial charge in [0.05, 0.1) is 16.6 Å². The number of aromatic carboxylic acids is 1. The molecule has 0 amide bonds. The third kappa shape index (κ3) is 3.46. The second-order valence-electron chi connectivity index (χ2n) is 4.03. The third-order valence-corrected chi connectivity index (χ3v) is 2.88. The van der Waals surface area contributed by atoms with E-state index in [2.05, 4.69) is 0 Å². The lowest BCUT2D eigenvalue weighted by molar-refractivity contribution is -0.255. The predicted molar refractivity (Wildman–Crippen MR) is 67.3 cm³/mol. The Bertz CT molecular complexity index is 683. The Balaban J connectivity index is 2.35. The van der Waals surface area contributed by atoms with E-state index in [4.69, 9.17) is 16.3 Å². The van der Waals surface area contributed by atoms with Crippen LogP contribution in [0, 0.1) is 0 Å². The van der Waals surface area contributed by atoms with Gasteiger partial charge in [0, 0.05) is 5.56 Å². The van der Waals surface area contributed by atoms with Gasteiger partial charge in [-0.05, 0) is 30.3 Å². The van der Waals surface area contributed by atoms with Crippen LogP contribution in [0.15, 0.2) is 42.5 Å². The SMILES string of the molecule is O=C([O-])c1ccccc1Oc1ccc(C(F)(F)F)cc1Cl. The summed E-state index contributed by atoms with van der Waals surface area (Å²) >= 11 is 5.73. The molecule has 0 radical (unpaired) electrons. The number of carboxylic acid groups (broad SMARTS) is 1. The summed E-state index contributed by atoms with van der Waals surface area (Å²) in [7, 11) is 0. The predicted octanol–water partition coefficient (Wildman–Crippen LogP) is 3.51. The number of hydrogen-bond donors (Lipinski definition) is 0. The Morgan fingerprint density at radius 2 is 1.76 bits per heavy atom. The zero-order chi connectivity index (χ0) is 15.6. The highest BCUT2D eigenvalue weighted by Crippen LogP contribution is 2.36. The first-order chi connectivity index (χ1) is 9.79. The Morgan fingerprint density at radius 1 is 1.10 bits per heavy atom. The molecule has 21 heavy (non-hydrogen) atoms.